The summed E-state index contributed by atoms with van der Waals surface area (Å²) in [6.07, 6.45) is 3.42. The molecule has 6 nitrogen and oxygen atoms in total. The summed E-state index contributed by atoms with van der Waals surface area (Å²) >= 11 is 0. The summed E-state index contributed by atoms with van der Waals surface area (Å²) in [5.41, 5.74) is 1.65. The van der Waals surface area contributed by atoms with Crippen molar-refractivity contribution in [2.24, 2.45) is 0 Å². The predicted octanol–water partition coefficient (Wildman–Crippen LogP) is 4.20. The standard InChI is InChI=1S/C24H30N2O4S/c1-17-11-12-18(31(28,29)26-13-7-4-8-14-26)15-20(17)23(27)25-21-16-24(2,3)30-22-10-6-5-9-19(21)22/h5-6,9-12,15,21H,4,7-8,13-14,16H2,1-3H3,(H,25,27). The average molecular weight is 443 g/mol. The van der Waals surface area contributed by atoms with E-state index < -0.39 is 15.6 Å². The number of aryl methyl sites for hydroxylation is 1. The van der Waals surface area contributed by atoms with E-state index >= 15 is 0 Å². The van der Waals surface area contributed by atoms with Gasteiger partial charge >= 0.3 is 0 Å². The summed E-state index contributed by atoms with van der Waals surface area (Å²) in [4.78, 5) is 13.4. The number of piperidine rings is 1. The quantitative estimate of drug-likeness (QED) is 0.770. The van der Waals surface area contributed by atoms with Crippen LogP contribution in [0.15, 0.2) is 47.4 Å². The number of carbonyl (C=O) groups excluding carboxylic acids is 1. The van der Waals surface area contributed by atoms with Crippen LogP contribution in [-0.4, -0.2) is 37.3 Å². The number of nitrogens with one attached hydrogen (secondary N) is 1. The summed E-state index contributed by atoms with van der Waals surface area (Å²) in [5, 5.41) is 3.12. The van der Waals surface area contributed by atoms with Crippen LogP contribution < -0.4 is 10.1 Å². The first kappa shape index (κ1) is 21.8. The Labute approximate surface area is 184 Å². The summed E-state index contributed by atoms with van der Waals surface area (Å²) in [5.74, 6) is 0.493. The lowest BCUT2D eigenvalue weighted by molar-refractivity contribution is 0.0619. The molecular formula is C24H30N2O4S. The summed E-state index contributed by atoms with van der Waals surface area (Å²) < 4.78 is 33.8. The highest BCUT2D eigenvalue weighted by molar-refractivity contribution is 7.89. The Bertz CT molecular complexity index is 1090. The molecule has 0 spiro atoms. The molecule has 2 aliphatic rings. The second kappa shape index (κ2) is 8.28. The molecule has 0 saturated carbocycles. The Morgan fingerprint density at radius 1 is 1.10 bits per heavy atom. The number of hydrogen-bond acceptors (Lipinski definition) is 4. The molecule has 166 valence electrons. The van der Waals surface area contributed by atoms with Gasteiger partial charge in [0, 0.05) is 30.6 Å². The highest BCUT2D eigenvalue weighted by atomic mass is 32.2. The van der Waals surface area contributed by atoms with Crippen LogP contribution in [0.5, 0.6) is 5.75 Å². The highest BCUT2D eigenvalue weighted by Crippen LogP contribution is 2.39. The van der Waals surface area contributed by atoms with Gasteiger partial charge in [0.25, 0.3) is 5.91 Å². The van der Waals surface area contributed by atoms with Gasteiger partial charge in [-0.1, -0.05) is 30.7 Å². The fourth-order valence-electron chi connectivity index (χ4n) is 4.43. The molecule has 2 aromatic rings. The van der Waals surface area contributed by atoms with Crippen LogP contribution in [0, 0.1) is 6.92 Å². The molecule has 7 heteroatoms. The lowest BCUT2D eigenvalue weighted by Gasteiger charge is -2.38. The molecule has 2 heterocycles. The van der Waals surface area contributed by atoms with Crippen molar-refractivity contribution in [2.75, 3.05) is 13.1 Å². The van der Waals surface area contributed by atoms with Gasteiger partial charge in [-0.2, -0.15) is 4.31 Å². The molecule has 0 aliphatic carbocycles. The first-order chi connectivity index (χ1) is 14.7. The lowest BCUT2D eigenvalue weighted by Crippen LogP contribution is -2.41. The SMILES string of the molecule is Cc1ccc(S(=O)(=O)N2CCCCC2)cc1C(=O)NC1CC(C)(C)Oc2ccccc21. The molecule has 1 amide bonds. The lowest BCUT2D eigenvalue weighted by atomic mass is 9.89. The predicted molar refractivity (Wildman–Crippen MR) is 120 cm³/mol. The zero-order valence-electron chi connectivity index (χ0n) is 18.3. The number of benzene rings is 2. The molecule has 1 N–H and O–H groups in total. The van der Waals surface area contributed by atoms with Gasteiger partial charge in [-0.05, 0) is 57.4 Å². The Hall–Kier alpha value is -2.38. The van der Waals surface area contributed by atoms with E-state index in [9.17, 15) is 13.2 Å². The van der Waals surface area contributed by atoms with E-state index in [1.807, 2.05) is 45.0 Å². The number of nitrogens with zero attached hydrogens (tertiary/aromatic N) is 1. The van der Waals surface area contributed by atoms with Crippen LogP contribution in [0.25, 0.3) is 0 Å². The van der Waals surface area contributed by atoms with Gasteiger partial charge in [-0.3, -0.25) is 4.79 Å². The van der Waals surface area contributed by atoms with Crippen molar-refractivity contribution in [3.8, 4) is 5.75 Å². The third-order valence-electron chi connectivity index (χ3n) is 6.09. The van der Waals surface area contributed by atoms with Crippen molar-refractivity contribution in [1.82, 2.24) is 9.62 Å². The van der Waals surface area contributed by atoms with Crippen molar-refractivity contribution in [3.05, 3.63) is 59.2 Å². The second-order valence-corrected chi connectivity index (χ2v) is 11.0. The van der Waals surface area contributed by atoms with E-state index in [0.717, 1.165) is 36.1 Å². The van der Waals surface area contributed by atoms with Gasteiger partial charge in [0.15, 0.2) is 0 Å². The Balaban J connectivity index is 1.62. The van der Waals surface area contributed by atoms with Crippen LogP contribution in [0.4, 0.5) is 0 Å². The molecule has 1 unspecified atom stereocenters. The van der Waals surface area contributed by atoms with Crippen LogP contribution in [0.1, 0.15) is 67.1 Å². The zero-order chi connectivity index (χ0) is 22.2. The Kier molecular flexibility index (Phi) is 5.83. The van der Waals surface area contributed by atoms with Gasteiger partial charge in [0.2, 0.25) is 10.0 Å². The number of rotatable bonds is 4. The minimum atomic E-state index is -3.60. The molecule has 1 atom stereocenters. The number of carbonyl (C=O) groups is 1. The van der Waals surface area contributed by atoms with Gasteiger partial charge < -0.3 is 10.1 Å². The second-order valence-electron chi connectivity index (χ2n) is 9.07. The minimum absolute atomic E-state index is 0.179. The fraction of sp³-hybridized carbons (Fsp3) is 0.458. The molecule has 1 fully saturated rings. The molecule has 2 aromatic carbocycles. The van der Waals surface area contributed by atoms with Crippen molar-refractivity contribution in [3.63, 3.8) is 0 Å². The average Bonchev–Trinajstić information content (AvgIpc) is 2.73. The summed E-state index contributed by atoms with van der Waals surface area (Å²) in [6, 6.07) is 12.3. The molecule has 0 radical (unpaired) electrons. The highest BCUT2D eigenvalue weighted by Gasteiger charge is 2.35. The number of amides is 1. The Morgan fingerprint density at radius 3 is 2.55 bits per heavy atom. The number of hydrogen-bond donors (Lipinski definition) is 1. The van der Waals surface area contributed by atoms with Gasteiger partial charge in [0.1, 0.15) is 11.4 Å². The largest absolute Gasteiger partial charge is 0.487 e. The molecule has 31 heavy (non-hydrogen) atoms. The smallest absolute Gasteiger partial charge is 0.252 e. The van der Waals surface area contributed by atoms with Crippen molar-refractivity contribution in [2.45, 2.75) is 63.0 Å². The first-order valence-corrected chi connectivity index (χ1v) is 12.3. The van der Waals surface area contributed by atoms with E-state index in [2.05, 4.69) is 5.32 Å². The molecule has 2 aliphatic heterocycles. The maximum absolute atomic E-state index is 13.2. The number of sulfonamides is 1. The maximum Gasteiger partial charge on any atom is 0.252 e. The third kappa shape index (κ3) is 4.48. The molecule has 0 bridgehead atoms. The molecule has 4 rings (SSSR count). The zero-order valence-corrected chi connectivity index (χ0v) is 19.2. The van der Waals surface area contributed by atoms with Gasteiger partial charge in [0.05, 0.1) is 10.9 Å². The fourth-order valence-corrected chi connectivity index (χ4v) is 5.97. The first-order valence-electron chi connectivity index (χ1n) is 10.9. The van der Waals surface area contributed by atoms with Gasteiger partial charge in [-0.25, -0.2) is 8.42 Å². The Morgan fingerprint density at radius 2 is 1.81 bits per heavy atom. The van der Waals surface area contributed by atoms with Crippen molar-refractivity contribution >= 4 is 15.9 Å². The molecular weight excluding hydrogens is 412 g/mol. The minimum Gasteiger partial charge on any atom is -0.487 e. The van der Waals surface area contributed by atoms with Crippen LogP contribution in [0.3, 0.4) is 0 Å². The summed E-state index contributed by atoms with van der Waals surface area (Å²) in [7, 11) is -3.60. The van der Waals surface area contributed by atoms with E-state index in [4.69, 9.17) is 4.74 Å². The molecule has 0 aromatic heterocycles. The van der Waals surface area contributed by atoms with Gasteiger partial charge in [-0.15, -0.1) is 0 Å². The van der Waals surface area contributed by atoms with E-state index in [1.54, 1.807) is 12.1 Å². The topological polar surface area (TPSA) is 75.7 Å². The third-order valence-corrected chi connectivity index (χ3v) is 7.98. The summed E-state index contributed by atoms with van der Waals surface area (Å²) in [6.45, 7) is 6.89. The van der Waals surface area contributed by atoms with Crippen molar-refractivity contribution in [1.29, 1.82) is 0 Å². The monoisotopic (exact) mass is 442 g/mol. The van der Waals surface area contributed by atoms with E-state index in [-0.39, 0.29) is 16.8 Å². The maximum atomic E-state index is 13.2. The van der Waals surface area contributed by atoms with Crippen LogP contribution in [-0.2, 0) is 10.0 Å². The van der Waals surface area contributed by atoms with Crippen LogP contribution in [0.2, 0.25) is 0 Å². The number of fused-ring (bicyclic) bond motifs is 1. The van der Waals surface area contributed by atoms with E-state index in [0.29, 0.717) is 25.1 Å². The number of para-hydroxylation sites is 1. The normalized spacial score (nSPS) is 21.1. The number of ether oxygens (including phenoxy) is 1. The molecule has 1 saturated heterocycles. The van der Waals surface area contributed by atoms with Crippen LogP contribution >= 0.6 is 0 Å². The van der Waals surface area contributed by atoms with E-state index in [1.165, 1.54) is 10.4 Å². The van der Waals surface area contributed by atoms with Crippen molar-refractivity contribution < 1.29 is 17.9 Å².